The highest BCUT2D eigenvalue weighted by Gasteiger charge is 2.22. The molecule has 0 unspecified atom stereocenters. The molecule has 0 aliphatic carbocycles. The zero-order chi connectivity index (χ0) is 18.8. The zero-order valence-corrected chi connectivity index (χ0v) is 16.2. The van der Waals surface area contributed by atoms with Crippen molar-refractivity contribution in [3.8, 4) is 10.6 Å². The molecule has 1 aliphatic heterocycles. The first kappa shape index (κ1) is 17.8. The normalized spacial score (nSPS) is 15.3. The number of carbonyl (C=O) groups excluding carboxylic acids is 1. The predicted molar refractivity (Wildman–Crippen MR) is 108 cm³/mol. The maximum Gasteiger partial charge on any atom is 0.323 e. The molecule has 0 saturated carbocycles. The van der Waals surface area contributed by atoms with E-state index in [1.807, 2.05) is 37.1 Å². The number of piperidine rings is 1. The molecule has 0 atom stereocenters. The van der Waals surface area contributed by atoms with E-state index in [-0.39, 0.29) is 6.03 Å². The van der Waals surface area contributed by atoms with E-state index in [9.17, 15) is 4.79 Å². The van der Waals surface area contributed by atoms with Crippen LogP contribution in [0.3, 0.4) is 0 Å². The summed E-state index contributed by atoms with van der Waals surface area (Å²) < 4.78 is 0. The second-order valence-electron chi connectivity index (χ2n) is 6.74. The van der Waals surface area contributed by atoms with Gasteiger partial charge in [0.2, 0.25) is 0 Å². The summed E-state index contributed by atoms with van der Waals surface area (Å²) in [4.78, 5) is 18.8. The lowest BCUT2D eigenvalue weighted by atomic mass is 10.1. The van der Waals surface area contributed by atoms with Crippen LogP contribution in [-0.4, -0.2) is 52.3 Å². The number of fused-ring (bicyclic) bond motifs is 1. The van der Waals surface area contributed by atoms with Gasteiger partial charge in [0, 0.05) is 36.3 Å². The molecule has 1 aromatic carbocycles. The van der Waals surface area contributed by atoms with Crippen molar-refractivity contribution in [3.63, 3.8) is 0 Å². The number of likely N-dealkylation sites (tertiary alicyclic amines) is 1. The van der Waals surface area contributed by atoms with Crippen molar-refractivity contribution >= 4 is 34.0 Å². The Morgan fingerprint density at radius 2 is 2.00 bits per heavy atom. The Hall–Kier alpha value is -2.58. The number of anilines is 1. The average molecular weight is 382 g/mol. The Labute approximate surface area is 161 Å². The van der Waals surface area contributed by atoms with Crippen LogP contribution in [0.4, 0.5) is 10.6 Å². The van der Waals surface area contributed by atoms with Gasteiger partial charge in [0.25, 0.3) is 0 Å². The molecule has 7 nitrogen and oxygen atoms in total. The minimum absolute atomic E-state index is 0.0905. The molecule has 0 bridgehead atoms. The number of rotatable bonds is 3. The molecule has 27 heavy (non-hydrogen) atoms. The summed E-state index contributed by atoms with van der Waals surface area (Å²) in [5.74, 6) is 0.564. The summed E-state index contributed by atoms with van der Waals surface area (Å²) >= 11 is 1.57. The maximum atomic E-state index is 12.5. The second-order valence-corrected chi connectivity index (χ2v) is 7.92. The highest BCUT2D eigenvalue weighted by atomic mass is 32.1. The van der Waals surface area contributed by atoms with Gasteiger partial charge in [0.05, 0.1) is 0 Å². The summed E-state index contributed by atoms with van der Waals surface area (Å²) in [6.07, 6.45) is 3.73. The summed E-state index contributed by atoms with van der Waals surface area (Å²) in [6, 6.07) is 8.41. The van der Waals surface area contributed by atoms with E-state index >= 15 is 0 Å². The van der Waals surface area contributed by atoms with Crippen LogP contribution in [-0.2, 0) is 0 Å². The molecule has 2 amide bonds. The lowest BCUT2D eigenvalue weighted by Crippen LogP contribution is -2.45. The van der Waals surface area contributed by atoms with Gasteiger partial charge in [-0.3, -0.25) is 5.32 Å². The van der Waals surface area contributed by atoms with E-state index in [1.54, 1.807) is 17.5 Å². The van der Waals surface area contributed by atoms with E-state index in [0.717, 1.165) is 52.3 Å². The molecular formula is C19H22N6OS. The molecule has 3 heterocycles. The van der Waals surface area contributed by atoms with Crippen LogP contribution in [0.5, 0.6) is 0 Å². The molecule has 1 fully saturated rings. The van der Waals surface area contributed by atoms with Gasteiger partial charge < -0.3 is 10.2 Å². The van der Waals surface area contributed by atoms with Crippen molar-refractivity contribution in [1.29, 1.82) is 0 Å². The lowest BCUT2D eigenvalue weighted by Gasteiger charge is -2.31. The van der Waals surface area contributed by atoms with Crippen molar-refractivity contribution in [1.82, 2.24) is 25.4 Å². The van der Waals surface area contributed by atoms with Crippen molar-refractivity contribution < 1.29 is 4.79 Å². The van der Waals surface area contributed by atoms with Crippen LogP contribution in [0.2, 0.25) is 0 Å². The molecule has 3 aromatic rings. The Balaban J connectivity index is 1.51. The highest BCUT2D eigenvalue weighted by molar-refractivity contribution is 7.14. The van der Waals surface area contributed by atoms with E-state index in [1.165, 1.54) is 0 Å². The summed E-state index contributed by atoms with van der Waals surface area (Å²) in [7, 11) is 1.97. The number of hydrogen-bond donors (Lipinski definition) is 2. The number of nitrogens with zero attached hydrogens (tertiary/aromatic N) is 4. The van der Waals surface area contributed by atoms with Crippen molar-refractivity contribution in [2.75, 3.05) is 25.5 Å². The Bertz CT molecular complexity index is 964. The number of amides is 2. The fourth-order valence-corrected chi connectivity index (χ4v) is 4.00. The quantitative estimate of drug-likeness (QED) is 0.726. The van der Waals surface area contributed by atoms with Crippen molar-refractivity contribution in [2.45, 2.75) is 25.8 Å². The minimum atomic E-state index is -0.0905. The van der Waals surface area contributed by atoms with E-state index in [2.05, 4.69) is 31.9 Å². The van der Waals surface area contributed by atoms with E-state index in [4.69, 9.17) is 0 Å². The van der Waals surface area contributed by atoms with Crippen molar-refractivity contribution in [3.05, 3.63) is 35.5 Å². The first-order chi connectivity index (χ1) is 13.1. The molecular weight excluding hydrogens is 360 g/mol. The molecule has 2 N–H and O–H groups in total. The molecule has 2 aromatic heterocycles. The predicted octanol–water partition coefficient (Wildman–Crippen LogP) is 3.28. The van der Waals surface area contributed by atoms with E-state index < -0.39 is 0 Å². The second kappa shape index (κ2) is 7.58. The van der Waals surface area contributed by atoms with Gasteiger partial charge in [-0.25, -0.2) is 9.78 Å². The number of benzene rings is 1. The molecule has 0 radical (unpaired) electrons. The number of aromatic nitrogens is 3. The molecule has 8 heteroatoms. The Kier molecular flexibility index (Phi) is 5.00. The highest BCUT2D eigenvalue weighted by Crippen LogP contribution is 2.27. The molecule has 0 spiro atoms. The van der Waals surface area contributed by atoms with E-state index in [0.29, 0.717) is 11.9 Å². The van der Waals surface area contributed by atoms with Gasteiger partial charge in [-0.05, 0) is 44.3 Å². The fourth-order valence-electron chi connectivity index (χ4n) is 3.32. The van der Waals surface area contributed by atoms with Crippen molar-refractivity contribution in [2.24, 2.45) is 0 Å². The largest absolute Gasteiger partial charge is 0.324 e. The first-order valence-corrected chi connectivity index (χ1v) is 9.87. The van der Waals surface area contributed by atoms with Crippen LogP contribution in [0.15, 0.2) is 30.5 Å². The third-order valence-electron chi connectivity index (χ3n) is 4.92. The first-order valence-electron chi connectivity index (χ1n) is 9.06. The number of nitrogens with one attached hydrogen (secondary N) is 2. The Morgan fingerprint density at radius 1 is 1.19 bits per heavy atom. The van der Waals surface area contributed by atoms with Gasteiger partial charge in [0.15, 0.2) is 0 Å². The fraction of sp³-hybridized carbons (Fsp3) is 0.368. The van der Waals surface area contributed by atoms with Crippen LogP contribution in [0.25, 0.3) is 21.3 Å². The minimum Gasteiger partial charge on any atom is -0.324 e. The molecule has 4 rings (SSSR count). The lowest BCUT2D eigenvalue weighted by molar-refractivity contribution is 0.190. The number of carbonyl (C=O) groups is 1. The maximum absolute atomic E-state index is 12.5. The summed E-state index contributed by atoms with van der Waals surface area (Å²) in [6.45, 7) is 3.45. The molecule has 1 saturated heterocycles. The van der Waals surface area contributed by atoms with Gasteiger partial charge in [-0.15, -0.1) is 10.2 Å². The molecule has 1 aliphatic rings. The summed E-state index contributed by atoms with van der Waals surface area (Å²) in [5, 5.41) is 18.4. The number of pyridine rings is 1. The van der Waals surface area contributed by atoms with Gasteiger partial charge in [-0.2, -0.15) is 0 Å². The molecule has 140 valence electrons. The topological polar surface area (TPSA) is 83.0 Å². The third kappa shape index (κ3) is 3.91. The number of urea groups is 1. The third-order valence-corrected chi connectivity index (χ3v) is 5.81. The van der Waals surface area contributed by atoms with Crippen LogP contribution >= 0.6 is 11.3 Å². The van der Waals surface area contributed by atoms with Gasteiger partial charge in [-0.1, -0.05) is 23.5 Å². The van der Waals surface area contributed by atoms with Crippen LogP contribution in [0, 0.1) is 6.92 Å². The SMILES string of the molecule is CNC1CCN(C(=O)Nc2cc3cc(-c4nnc(C)s4)ccc3cn2)CC1. The number of aryl methyl sites for hydroxylation is 1. The average Bonchev–Trinajstić information content (AvgIpc) is 3.14. The Morgan fingerprint density at radius 3 is 2.70 bits per heavy atom. The van der Waals surface area contributed by atoms with Crippen LogP contribution in [0.1, 0.15) is 17.8 Å². The monoisotopic (exact) mass is 382 g/mol. The van der Waals surface area contributed by atoms with Crippen LogP contribution < -0.4 is 10.6 Å². The smallest absolute Gasteiger partial charge is 0.323 e. The zero-order valence-electron chi connectivity index (χ0n) is 15.4. The standard InChI is InChI=1S/C19H22N6OS/c1-12-23-24-18(27-12)13-3-4-14-11-21-17(10-15(14)9-13)22-19(26)25-7-5-16(20-2)6-8-25/h3-4,9-11,16,20H,5-8H2,1-2H3,(H,21,22,26). The summed E-state index contributed by atoms with van der Waals surface area (Å²) in [5.41, 5.74) is 1.02. The van der Waals surface area contributed by atoms with Gasteiger partial charge >= 0.3 is 6.03 Å². The number of hydrogen-bond acceptors (Lipinski definition) is 6. The van der Waals surface area contributed by atoms with Gasteiger partial charge in [0.1, 0.15) is 15.8 Å².